The Labute approximate surface area is 206 Å². The van der Waals surface area contributed by atoms with E-state index in [0.29, 0.717) is 5.82 Å². The number of imidazole rings is 1. The van der Waals surface area contributed by atoms with E-state index in [4.69, 9.17) is 0 Å². The summed E-state index contributed by atoms with van der Waals surface area (Å²) in [5.74, 6) is 1.41. The fourth-order valence-electron chi connectivity index (χ4n) is 4.21. The van der Waals surface area contributed by atoms with E-state index in [1.807, 2.05) is 48.2 Å². The van der Waals surface area contributed by atoms with Crippen molar-refractivity contribution in [3.8, 4) is 5.82 Å². The lowest BCUT2D eigenvalue weighted by atomic mass is 10.1. The van der Waals surface area contributed by atoms with E-state index in [2.05, 4.69) is 63.8 Å². The molecule has 12 heteroatoms. The topological polar surface area (TPSA) is 128 Å². The first-order valence-electron chi connectivity index (χ1n) is 11.8. The number of pyridine rings is 1. The van der Waals surface area contributed by atoms with Gasteiger partial charge in [0, 0.05) is 25.5 Å². The van der Waals surface area contributed by atoms with Crippen LogP contribution in [-0.4, -0.2) is 62.8 Å². The van der Waals surface area contributed by atoms with Gasteiger partial charge in [-0.2, -0.15) is 9.78 Å². The summed E-state index contributed by atoms with van der Waals surface area (Å²) in [6.07, 6.45) is 13.0. The molecule has 5 aromatic rings. The Bertz CT molecular complexity index is 1540. The number of anilines is 3. The standard InChI is InChI=1S/C24H24N12/c1-3-17-12-26-24(27-13-17)34-10-7-18(8-11-34)21-14-25-23-20(6-9-29-36(21)23)31-19-4-5-22(30-16(19)2)35-15-28-32-33-35/h4-7,9,12-15,31H,3,8,10-11H2,1-2H3. The molecule has 0 saturated heterocycles. The van der Waals surface area contributed by atoms with Crippen molar-refractivity contribution in [2.45, 2.75) is 26.7 Å². The molecule has 0 radical (unpaired) electrons. The SMILES string of the molecule is CCc1cnc(N2CC=C(c3cnc4c(Nc5ccc(-n6cnnn6)nc5C)ccnn34)CC2)nc1. The number of rotatable bonds is 6. The molecule has 0 bridgehead atoms. The zero-order chi connectivity index (χ0) is 24.5. The third-order valence-corrected chi connectivity index (χ3v) is 6.25. The van der Waals surface area contributed by atoms with Gasteiger partial charge in [-0.25, -0.2) is 24.5 Å². The molecule has 0 fully saturated rings. The number of nitrogens with zero attached hydrogens (tertiary/aromatic N) is 11. The molecule has 6 rings (SSSR count). The van der Waals surface area contributed by atoms with Crippen molar-refractivity contribution in [3.63, 3.8) is 0 Å². The molecule has 6 heterocycles. The van der Waals surface area contributed by atoms with E-state index in [1.165, 1.54) is 16.6 Å². The van der Waals surface area contributed by atoms with E-state index in [9.17, 15) is 0 Å². The van der Waals surface area contributed by atoms with Gasteiger partial charge in [0.25, 0.3) is 0 Å². The Kier molecular flexibility index (Phi) is 5.52. The smallest absolute Gasteiger partial charge is 0.225 e. The van der Waals surface area contributed by atoms with Crippen LogP contribution < -0.4 is 10.2 Å². The lowest BCUT2D eigenvalue weighted by molar-refractivity contribution is 0.768. The molecule has 1 N–H and O–H groups in total. The largest absolute Gasteiger partial charge is 0.351 e. The Morgan fingerprint density at radius 1 is 1.03 bits per heavy atom. The minimum Gasteiger partial charge on any atom is -0.351 e. The van der Waals surface area contributed by atoms with Gasteiger partial charge in [0.15, 0.2) is 11.5 Å². The zero-order valence-electron chi connectivity index (χ0n) is 19.9. The molecule has 0 amide bonds. The highest BCUT2D eigenvalue weighted by Crippen LogP contribution is 2.28. The molecule has 5 aromatic heterocycles. The van der Waals surface area contributed by atoms with Crippen LogP contribution in [0.15, 0.2) is 55.4 Å². The number of aryl methyl sites for hydroxylation is 2. The zero-order valence-corrected chi connectivity index (χ0v) is 19.9. The van der Waals surface area contributed by atoms with Crippen LogP contribution in [0.2, 0.25) is 0 Å². The molecule has 36 heavy (non-hydrogen) atoms. The van der Waals surface area contributed by atoms with Gasteiger partial charge in [0.05, 0.1) is 35.2 Å². The van der Waals surface area contributed by atoms with Gasteiger partial charge in [-0.15, -0.1) is 5.10 Å². The van der Waals surface area contributed by atoms with Crippen molar-refractivity contribution >= 4 is 28.5 Å². The van der Waals surface area contributed by atoms with E-state index in [-0.39, 0.29) is 0 Å². The Morgan fingerprint density at radius 3 is 2.64 bits per heavy atom. The monoisotopic (exact) mass is 480 g/mol. The van der Waals surface area contributed by atoms with Gasteiger partial charge in [-0.1, -0.05) is 13.0 Å². The van der Waals surface area contributed by atoms with Crippen molar-refractivity contribution < 1.29 is 0 Å². The molecule has 0 spiro atoms. The van der Waals surface area contributed by atoms with Gasteiger partial charge in [0.1, 0.15) is 6.33 Å². The molecule has 0 unspecified atom stereocenters. The van der Waals surface area contributed by atoms with Crippen molar-refractivity contribution in [1.29, 1.82) is 0 Å². The van der Waals surface area contributed by atoms with Gasteiger partial charge >= 0.3 is 0 Å². The summed E-state index contributed by atoms with van der Waals surface area (Å²) in [5, 5.41) is 19.3. The van der Waals surface area contributed by atoms with E-state index in [1.54, 1.807) is 6.20 Å². The molecule has 0 aliphatic carbocycles. The van der Waals surface area contributed by atoms with Crippen molar-refractivity contribution in [3.05, 3.63) is 72.3 Å². The van der Waals surface area contributed by atoms with Crippen LogP contribution in [0.25, 0.3) is 17.0 Å². The summed E-state index contributed by atoms with van der Waals surface area (Å²) in [4.78, 5) is 20.5. The third kappa shape index (κ3) is 4.02. The van der Waals surface area contributed by atoms with E-state index in [0.717, 1.165) is 65.9 Å². The maximum atomic E-state index is 4.68. The number of nitrogens with one attached hydrogen (secondary N) is 1. The van der Waals surface area contributed by atoms with Gasteiger partial charge < -0.3 is 10.2 Å². The van der Waals surface area contributed by atoms with E-state index < -0.39 is 0 Å². The highest BCUT2D eigenvalue weighted by molar-refractivity contribution is 5.77. The fraction of sp³-hybridized carbons (Fsp3) is 0.250. The van der Waals surface area contributed by atoms with Gasteiger partial charge in [0.2, 0.25) is 5.95 Å². The highest BCUT2D eigenvalue weighted by atomic mass is 15.5. The molecule has 12 nitrogen and oxygen atoms in total. The first-order valence-corrected chi connectivity index (χ1v) is 11.8. The third-order valence-electron chi connectivity index (χ3n) is 6.25. The Morgan fingerprint density at radius 2 is 1.92 bits per heavy atom. The van der Waals surface area contributed by atoms with Crippen LogP contribution in [-0.2, 0) is 6.42 Å². The molecular formula is C24H24N12. The van der Waals surface area contributed by atoms with Crippen molar-refractivity contribution in [1.82, 2.24) is 49.8 Å². The second-order valence-corrected chi connectivity index (χ2v) is 8.48. The molecule has 0 atom stereocenters. The van der Waals surface area contributed by atoms with Crippen molar-refractivity contribution in [2.75, 3.05) is 23.3 Å². The summed E-state index contributed by atoms with van der Waals surface area (Å²) in [6.45, 7) is 5.61. The minimum absolute atomic E-state index is 0.649. The summed E-state index contributed by atoms with van der Waals surface area (Å²) >= 11 is 0. The van der Waals surface area contributed by atoms with Gasteiger partial charge in [-0.3, -0.25) is 0 Å². The van der Waals surface area contributed by atoms with Crippen molar-refractivity contribution in [2.24, 2.45) is 0 Å². The second kappa shape index (κ2) is 9.13. The quantitative estimate of drug-likeness (QED) is 0.387. The minimum atomic E-state index is 0.649. The lowest BCUT2D eigenvalue weighted by Gasteiger charge is -2.26. The Hall–Kier alpha value is -4.74. The molecule has 1 aliphatic rings. The van der Waals surface area contributed by atoms with E-state index >= 15 is 0 Å². The average molecular weight is 481 g/mol. The molecule has 180 valence electrons. The summed E-state index contributed by atoms with van der Waals surface area (Å²) < 4.78 is 3.41. The normalized spacial score (nSPS) is 13.7. The van der Waals surface area contributed by atoms with Crippen LogP contribution in [0, 0.1) is 6.92 Å². The van der Waals surface area contributed by atoms with Crippen LogP contribution in [0.3, 0.4) is 0 Å². The molecule has 0 aromatic carbocycles. The number of tetrazole rings is 1. The lowest BCUT2D eigenvalue weighted by Crippen LogP contribution is -2.30. The second-order valence-electron chi connectivity index (χ2n) is 8.48. The summed E-state index contributed by atoms with van der Waals surface area (Å²) in [5.41, 5.74) is 6.61. The number of hydrogen-bond acceptors (Lipinski definition) is 10. The Balaban J connectivity index is 1.23. The first-order chi connectivity index (χ1) is 17.7. The molecule has 1 aliphatic heterocycles. The number of aromatic nitrogens is 10. The fourth-order valence-corrected chi connectivity index (χ4v) is 4.21. The maximum Gasteiger partial charge on any atom is 0.225 e. The van der Waals surface area contributed by atoms with Gasteiger partial charge in [-0.05, 0) is 59.5 Å². The summed E-state index contributed by atoms with van der Waals surface area (Å²) in [6, 6.07) is 5.72. The highest BCUT2D eigenvalue weighted by Gasteiger charge is 2.19. The maximum absolute atomic E-state index is 4.68. The number of fused-ring (bicyclic) bond motifs is 1. The van der Waals surface area contributed by atoms with Crippen LogP contribution in [0.4, 0.5) is 17.3 Å². The first kappa shape index (κ1) is 21.8. The van der Waals surface area contributed by atoms with Crippen LogP contribution in [0.5, 0.6) is 0 Å². The summed E-state index contributed by atoms with van der Waals surface area (Å²) in [7, 11) is 0. The molecule has 0 saturated carbocycles. The van der Waals surface area contributed by atoms with Crippen LogP contribution >= 0.6 is 0 Å². The van der Waals surface area contributed by atoms with Crippen LogP contribution in [0.1, 0.15) is 30.3 Å². The predicted molar refractivity (Wildman–Crippen MR) is 134 cm³/mol. The average Bonchev–Trinajstić information content (AvgIpc) is 3.61. The molecular weight excluding hydrogens is 456 g/mol. The number of hydrogen-bond donors (Lipinski definition) is 1. The predicted octanol–water partition coefficient (Wildman–Crippen LogP) is 2.80.